The molecule has 1 saturated heterocycles. The van der Waals surface area contributed by atoms with Crippen LogP contribution in [0.5, 0.6) is 0 Å². The van der Waals surface area contributed by atoms with Crippen molar-refractivity contribution in [1.29, 1.82) is 5.26 Å². The standard InChI is InChI=1S/C21H33N5O10P2S/c22-14-39-18-3-1-2-17(12-18)20(21(29)30)26-10-8-24(15-37(31,32)33)6-4-23(13-19(27)28)5-7-25(9-11-26)16-38(34,35)36/h1-3,12,20H,4-11,13,15-16H2,(H,27,28)(H,29,30)(H2,31,32,33)(H2,34,35,36). The number of nitrogens with zero attached hydrogens (tertiary/aromatic N) is 5. The van der Waals surface area contributed by atoms with Crippen LogP contribution in [0.4, 0.5) is 0 Å². The second-order valence-corrected chi connectivity index (χ2v) is 13.1. The smallest absolute Gasteiger partial charge is 0.339 e. The van der Waals surface area contributed by atoms with E-state index in [2.05, 4.69) is 0 Å². The molecule has 1 aromatic carbocycles. The molecule has 0 bridgehead atoms. The van der Waals surface area contributed by atoms with Gasteiger partial charge in [-0.2, -0.15) is 5.26 Å². The Labute approximate surface area is 229 Å². The molecule has 1 atom stereocenters. The van der Waals surface area contributed by atoms with Gasteiger partial charge in [0, 0.05) is 57.3 Å². The third-order valence-electron chi connectivity index (χ3n) is 5.94. The Bertz CT molecular complexity index is 1090. The molecule has 0 aliphatic carbocycles. The lowest BCUT2D eigenvalue weighted by molar-refractivity contribution is -0.144. The van der Waals surface area contributed by atoms with E-state index in [0.717, 1.165) is 11.8 Å². The van der Waals surface area contributed by atoms with Crippen LogP contribution in [0.2, 0.25) is 0 Å². The maximum atomic E-state index is 12.5. The topological polar surface area (TPSA) is 226 Å². The van der Waals surface area contributed by atoms with Crippen LogP contribution in [0.25, 0.3) is 0 Å². The van der Waals surface area contributed by atoms with Crippen molar-refractivity contribution in [3.8, 4) is 5.40 Å². The van der Waals surface area contributed by atoms with Gasteiger partial charge in [-0.25, -0.2) is 0 Å². The molecule has 6 N–H and O–H groups in total. The number of thioether (sulfide) groups is 1. The van der Waals surface area contributed by atoms with E-state index in [1.54, 1.807) is 29.2 Å². The highest BCUT2D eigenvalue weighted by molar-refractivity contribution is 8.03. The number of rotatable bonds is 10. The molecule has 1 aliphatic rings. The Hall–Kier alpha value is -1.86. The maximum absolute atomic E-state index is 12.5. The Balaban J connectivity index is 2.43. The van der Waals surface area contributed by atoms with E-state index < -0.39 is 45.7 Å². The lowest BCUT2D eigenvalue weighted by atomic mass is 10.1. The van der Waals surface area contributed by atoms with Gasteiger partial charge >= 0.3 is 27.1 Å². The van der Waals surface area contributed by atoms with E-state index in [4.69, 9.17) is 5.26 Å². The van der Waals surface area contributed by atoms with E-state index in [1.807, 2.05) is 5.40 Å². The Morgan fingerprint density at radius 2 is 1.36 bits per heavy atom. The molecule has 0 saturated carbocycles. The van der Waals surface area contributed by atoms with Crippen LogP contribution in [0.15, 0.2) is 29.2 Å². The van der Waals surface area contributed by atoms with Crippen LogP contribution in [0.3, 0.4) is 0 Å². The zero-order valence-corrected chi connectivity index (χ0v) is 23.6. The third kappa shape index (κ3) is 12.9. The molecular weight excluding hydrogens is 576 g/mol. The highest BCUT2D eigenvalue weighted by Gasteiger charge is 2.31. The number of aliphatic carboxylic acids is 2. The van der Waals surface area contributed by atoms with Crippen molar-refractivity contribution in [2.75, 3.05) is 71.5 Å². The first-order valence-electron chi connectivity index (χ1n) is 11.8. The van der Waals surface area contributed by atoms with Crippen molar-refractivity contribution in [2.45, 2.75) is 10.9 Å². The molecule has 1 unspecified atom stereocenters. The van der Waals surface area contributed by atoms with Crippen molar-refractivity contribution in [3.05, 3.63) is 29.8 Å². The minimum atomic E-state index is -4.50. The minimum Gasteiger partial charge on any atom is -0.480 e. The Morgan fingerprint density at radius 3 is 1.79 bits per heavy atom. The van der Waals surface area contributed by atoms with Gasteiger partial charge in [-0.05, 0) is 29.5 Å². The summed E-state index contributed by atoms with van der Waals surface area (Å²) in [5.41, 5.74) is 0.366. The second-order valence-electron chi connectivity index (χ2n) is 9.06. The van der Waals surface area contributed by atoms with Gasteiger partial charge in [-0.3, -0.25) is 38.3 Å². The van der Waals surface area contributed by atoms with Crippen LogP contribution in [-0.2, 0) is 18.7 Å². The molecule has 1 fully saturated rings. The first-order chi connectivity index (χ1) is 18.2. The quantitative estimate of drug-likeness (QED) is 0.116. The summed E-state index contributed by atoms with van der Waals surface area (Å²) in [7, 11) is -9.00. The lowest BCUT2D eigenvalue weighted by Crippen LogP contribution is -2.48. The number of carboxylic acid groups (broad SMARTS) is 2. The van der Waals surface area contributed by atoms with Gasteiger partial charge in [-0.15, -0.1) is 0 Å². The molecule has 0 spiro atoms. The fourth-order valence-electron chi connectivity index (χ4n) is 4.27. The highest BCUT2D eigenvalue weighted by Crippen LogP contribution is 2.36. The zero-order valence-electron chi connectivity index (χ0n) is 21.0. The molecule has 18 heteroatoms. The Kier molecular flexibility index (Phi) is 13.0. The van der Waals surface area contributed by atoms with Crippen LogP contribution < -0.4 is 0 Å². The molecular formula is C21H33N5O10P2S. The monoisotopic (exact) mass is 609 g/mol. The van der Waals surface area contributed by atoms with Gasteiger partial charge in [0.2, 0.25) is 0 Å². The van der Waals surface area contributed by atoms with Crippen molar-refractivity contribution in [2.24, 2.45) is 0 Å². The van der Waals surface area contributed by atoms with Gasteiger partial charge in [0.1, 0.15) is 24.0 Å². The van der Waals surface area contributed by atoms with Gasteiger partial charge in [-0.1, -0.05) is 12.1 Å². The summed E-state index contributed by atoms with van der Waals surface area (Å²) in [6, 6.07) is 5.19. The average Bonchev–Trinajstić information content (AvgIpc) is 2.79. The van der Waals surface area contributed by atoms with E-state index in [0.29, 0.717) is 10.5 Å². The van der Waals surface area contributed by atoms with Crippen LogP contribution >= 0.6 is 27.0 Å². The summed E-state index contributed by atoms with van der Waals surface area (Å²) < 4.78 is 23.6. The summed E-state index contributed by atoms with van der Waals surface area (Å²) in [4.78, 5) is 68.6. The largest absolute Gasteiger partial charge is 0.480 e. The summed E-state index contributed by atoms with van der Waals surface area (Å²) in [6.45, 7) is 0.0648. The molecule has 0 radical (unpaired) electrons. The highest BCUT2D eigenvalue weighted by atomic mass is 32.2. The fraction of sp³-hybridized carbons (Fsp3) is 0.571. The first kappa shape index (κ1) is 33.3. The molecule has 1 aliphatic heterocycles. The minimum absolute atomic E-state index is 0.0231. The van der Waals surface area contributed by atoms with Crippen LogP contribution in [0.1, 0.15) is 11.6 Å². The van der Waals surface area contributed by atoms with Crippen molar-refractivity contribution in [3.63, 3.8) is 0 Å². The van der Waals surface area contributed by atoms with Crippen molar-refractivity contribution < 1.29 is 48.5 Å². The predicted molar refractivity (Wildman–Crippen MR) is 141 cm³/mol. The molecule has 1 heterocycles. The van der Waals surface area contributed by atoms with Crippen LogP contribution in [-0.4, -0.2) is 133 Å². The van der Waals surface area contributed by atoms with E-state index >= 15 is 0 Å². The molecule has 15 nitrogen and oxygen atoms in total. The average molecular weight is 610 g/mol. The van der Waals surface area contributed by atoms with Gasteiger partial charge in [0.15, 0.2) is 0 Å². The van der Waals surface area contributed by atoms with E-state index in [1.165, 1.54) is 14.7 Å². The number of hydrogen-bond donors (Lipinski definition) is 6. The van der Waals surface area contributed by atoms with Crippen molar-refractivity contribution in [1.82, 2.24) is 19.6 Å². The molecule has 39 heavy (non-hydrogen) atoms. The summed E-state index contributed by atoms with van der Waals surface area (Å²) >= 11 is 0.860. The van der Waals surface area contributed by atoms with Gasteiger partial charge in [0.25, 0.3) is 0 Å². The number of carbonyl (C=O) groups is 2. The number of benzene rings is 1. The third-order valence-corrected chi connectivity index (χ3v) is 8.05. The second kappa shape index (κ2) is 15.2. The van der Waals surface area contributed by atoms with Crippen molar-refractivity contribution >= 4 is 38.9 Å². The normalized spacial score (nSPS) is 18.9. The lowest BCUT2D eigenvalue weighted by Gasteiger charge is -2.36. The van der Waals surface area contributed by atoms with E-state index in [-0.39, 0.29) is 58.9 Å². The number of nitriles is 1. The van der Waals surface area contributed by atoms with Gasteiger partial charge < -0.3 is 29.8 Å². The predicted octanol–water partition coefficient (Wildman–Crippen LogP) is -0.0379. The summed E-state index contributed by atoms with van der Waals surface area (Å²) in [5, 5.41) is 30.4. The fourth-order valence-corrected chi connectivity index (χ4v) is 6.33. The molecule has 218 valence electrons. The number of hydrogen-bond acceptors (Lipinski definition) is 10. The van der Waals surface area contributed by atoms with E-state index in [9.17, 15) is 48.5 Å². The summed E-state index contributed by atoms with van der Waals surface area (Å²) in [5.74, 6) is -2.34. The number of carboxylic acids is 2. The maximum Gasteiger partial charge on any atom is 0.339 e. The van der Waals surface area contributed by atoms with Crippen LogP contribution in [0, 0.1) is 10.7 Å². The molecule has 2 rings (SSSR count). The SMILES string of the molecule is N#CSc1cccc(C(C(=O)O)N2CCN(CP(=O)(O)O)CCN(CC(=O)O)CCN(CP(=O)(O)O)CC2)c1. The Morgan fingerprint density at radius 1 is 0.872 bits per heavy atom. The summed E-state index contributed by atoms with van der Waals surface area (Å²) in [6.07, 6.45) is -1.23. The molecule has 0 amide bonds. The zero-order chi connectivity index (χ0) is 29.2. The first-order valence-corrected chi connectivity index (χ1v) is 16.2. The molecule has 0 aromatic heterocycles. The molecule has 1 aromatic rings. The number of thiocyanates is 1. The van der Waals surface area contributed by atoms with Gasteiger partial charge in [0.05, 0.1) is 6.54 Å².